The molecule has 28 heavy (non-hydrogen) atoms. The van der Waals surface area contributed by atoms with Gasteiger partial charge >= 0.3 is 0 Å². The number of methoxy groups -OCH3 is 1. The Bertz CT molecular complexity index is 846. The molecule has 3 nitrogen and oxygen atoms in total. The van der Waals surface area contributed by atoms with E-state index in [4.69, 9.17) is 10.5 Å². The number of ether oxygens (including phenoxy) is 1. The predicted molar refractivity (Wildman–Crippen MR) is 118 cm³/mol. The molecule has 146 valence electrons. The summed E-state index contributed by atoms with van der Waals surface area (Å²) in [5.74, 6) is 0.908. The number of hydrogen-bond acceptors (Lipinski definition) is 3. The molecule has 0 aliphatic carbocycles. The standard InChI is InChI=1S/C25H30N2O/c1-3-27(17-16-20-12-14-23(26)15-13-20)25(18-21-8-5-4-6-9-21)22-10-7-11-24(19-22)28-2/h4-15,19,25H,3,16-18,26H2,1-2H3/t25-/m0/s1. The summed E-state index contributed by atoms with van der Waals surface area (Å²) in [7, 11) is 1.73. The van der Waals surface area contributed by atoms with Gasteiger partial charge in [0.2, 0.25) is 0 Å². The number of nitrogen functional groups attached to an aromatic ring is 1. The minimum atomic E-state index is 0.302. The van der Waals surface area contributed by atoms with Crippen LogP contribution in [0.5, 0.6) is 5.75 Å². The summed E-state index contributed by atoms with van der Waals surface area (Å²) in [6, 6.07) is 27.7. The molecule has 0 unspecified atom stereocenters. The van der Waals surface area contributed by atoms with Crippen molar-refractivity contribution in [3.05, 3.63) is 95.6 Å². The lowest BCUT2D eigenvalue weighted by atomic mass is 9.96. The third-order valence-corrected chi connectivity index (χ3v) is 5.26. The van der Waals surface area contributed by atoms with Crippen molar-refractivity contribution in [1.82, 2.24) is 4.90 Å². The van der Waals surface area contributed by atoms with Crippen molar-refractivity contribution < 1.29 is 4.74 Å². The van der Waals surface area contributed by atoms with Gasteiger partial charge in [0.1, 0.15) is 5.75 Å². The van der Waals surface area contributed by atoms with E-state index in [9.17, 15) is 0 Å². The molecule has 0 spiro atoms. The zero-order chi connectivity index (χ0) is 19.8. The first kappa shape index (κ1) is 20.0. The average Bonchev–Trinajstić information content (AvgIpc) is 2.75. The number of nitrogens with two attached hydrogens (primary N) is 1. The summed E-state index contributed by atoms with van der Waals surface area (Å²) in [6.07, 6.45) is 1.98. The van der Waals surface area contributed by atoms with Gasteiger partial charge in [-0.3, -0.25) is 4.90 Å². The molecule has 0 aliphatic rings. The zero-order valence-electron chi connectivity index (χ0n) is 16.8. The van der Waals surface area contributed by atoms with Crippen molar-refractivity contribution in [3.8, 4) is 5.75 Å². The Labute approximate surface area is 168 Å². The molecule has 0 saturated heterocycles. The molecule has 3 heteroatoms. The summed E-state index contributed by atoms with van der Waals surface area (Å²) in [5.41, 5.74) is 10.6. The van der Waals surface area contributed by atoms with Gasteiger partial charge in [-0.25, -0.2) is 0 Å². The Balaban J connectivity index is 1.83. The van der Waals surface area contributed by atoms with Crippen LogP contribution in [0.4, 0.5) is 5.69 Å². The van der Waals surface area contributed by atoms with Crippen LogP contribution in [0.1, 0.15) is 29.7 Å². The molecule has 0 aliphatic heterocycles. The summed E-state index contributed by atoms with van der Waals surface area (Å²) >= 11 is 0. The number of hydrogen-bond donors (Lipinski definition) is 1. The number of nitrogens with zero attached hydrogens (tertiary/aromatic N) is 1. The first-order valence-electron chi connectivity index (χ1n) is 9.96. The molecule has 0 fully saturated rings. The second kappa shape index (κ2) is 9.95. The highest BCUT2D eigenvalue weighted by molar-refractivity contribution is 5.39. The van der Waals surface area contributed by atoms with Gasteiger partial charge in [-0.1, -0.05) is 61.5 Å². The maximum Gasteiger partial charge on any atom is 0.119 e. The molecular formula is C25H30N2O. The second-order valence-corrected chi connectivity index (χ2v) is 7.10. The van der Waals surface area contributed by atoms with Gasteiger partial charge in [0.25, 0.3) is 0 Å². The van der Waals surface area contributed by atoms with Gasteiger partial charge in [0, 0.05) is 18.3 Å². The molecule has 3 aromatic carbocycles. The Hall–Kier alpha value is -2.78. The van der Waals surface area contributed by atoms with Crippen molar-refractivity contribution in [2.75, 3.05) is 25.9 Å². The fourth-order valence-electron chi connectivity index (χ4n) is 3.64. The lowest BCUT2D eigenvalue weighted by Gasteiger charge is -2.32. The van der Waals surface area contributed by atoms with E-state index in [2.05, 4.69) is 72.5 Å². The number of rotatable bonds is 9. The minimum absolute atomic E-state index is 0.302. The van der Waals surface area contributed by atoms with Crippen molar-refractivity contribution in [3.63, 3.8) is 0 Å². The third-order valence-electron chi connectivity index (χ3n) is 5.26. The molecule has 0 amide bonds. The van der Waals surface area contributed by atoms with Crippen LogP contribution in [-0.4, -0.2) is 25.1 Å². The van der Waals surface area contributed by atoms with E-state index < -0.39 is 0 Å². The Kier molecular flexibility index (Phi) is 7.10. The maximum atomic E-state index is 5.82. The van der Waals surface area contributed by atoms with Gasteiger partial charge in [0.05, 0.1) is 7.11 Å². The highest BCUT2D eigenvalue weighted by Crippen LogP contribution is 2.28. The SMILES string of the molecule is CCN(CCc1ccc(N)cc1)[C@@H](Cc1ccccc1)c1cccc(OC)c1. The fraction of sp³-hybridized carbons (Fsp3) is 0.280. The fourth-order valence-corrected chi connectivity index (χ4v) is 3.64. The quantitative estimate of drug-likeness (QED) is 0.528. The van der Waals surface area contributed by atoms with Crippen LogP contribution < -0.4 is 10.5 Å². The van der Waals surface area contributed by atoms with E-state index in [1.807, 2.05) is 18.2 Å². The summed E-state index contributed by atoms with van der Waals surface area (Å²) in [6.45, 7) is 4.22. The second-order valence-electron chi connectivity index (χ2n) is 7.10. The predicted octanol–water partition coefficient (Wildman–Crippen LogP) is 5.13. The van der Waals surface area contributed by atoms with Crippen molar-refractivity contribution in [2.45, 2.75) is 25.8 Å². The largest absolute Gasteiger partial charge is 0.497 e. The first-order valence-corrected chi connectivity index (χ1v) is 9.96. The molecule has 0 radical (unpaired) electrons. The average molecular weight is 375 g/mol. The van der Waals surface area contributed by atoms with E-state index in [1.165, 1.54) is 16.7 Å². The van der Waals surface area contributed by atoms with Crippen LogP contribution in [0.3, 0.4) is 0 Å². The topological polar surface area (TPSA) is 38.5 Å². The Morgan fingerprint density at radius 2 is 1.64 bits per heavy atom. The van der Waals surface area contributed by atoms with Crippen molar-refractivity contribution in [1.29, 1.82) is 0 Å². The van der Waals surface area contributed by atoms with Gasteiger partial charge in [-0.15, -0.1) is 0 Å². The van der Waals surface area contributed by atoms with E-state index in [1.54, 1.807) is 7.11 Å². The van der Waals surface area contributed by atoms with E-state index in [0.717, 1.165) is 37.4 Å². The van der Waals surface area contributed by atoms with Crippen LogP contribution in [-0.2, 0) is 12.8 Å². The van der Waals surface area contributed by atoms with E-state index >= 15 is 0 Å². The van der Waals surface area contributed by atoms with E-state index in [-0.39, 0.29) is 0 Å². The monoisotopic (exact) mass is 374 g/mol. The van der Waals surface area contributed by atoms with Crippen LogP contribution >= 0.6 is 0 Å². The van der Waals surface area contributed by atoms with Crippen molar-refractivity contribution >= 4 is 5.69 Å². The van der Waals surface area contributed by atoms with Crippen molar-refractivity contribution in [2.24, 2.45) is 0 Å². The van der Waals surface area contributed by atoms with Gasteiger partial charge in [-0.2, -0.15) is 0 Å². The number of anilines is 1. The summed E-state index contributed by atoms with van der Waals surface area (Å²) in [4.78, 5) is 2.55. The summed E-state index contributed by atoms with van der Waals surface area (Å²) < 4.78 is 5.48. The molecule has 0 aromatic heterocycles. The molecule has 0 heterocycles. The van der Waals surface area contributed by atoms with Crippen LogP contribution in [0.2, 0.25) is 0 Å². The first-order chi connectivity index (χ1) is 13.7. The molecule has 0 bridgehead atoms. The Morgan fingerprint density at radius 1 is 0.893 bits per heavy atom. The Morgan fingerprint density at radius 3 is 2.32 bits per heavy atom. The molecule has 0 saturated carbocycles. The minimum Gasteiger partial charge on any atom is -0.497 e. The summed E-state index contributed by atoms with van der Waals surface area (Å²) in [5, 5.41) is 0. The normalized spacial score (nSPS) is 12.1. The molecule has 3 aromatic rings. The molecule has 3 rings (SSSR count). The van der Waals surface area contributed by atoms with Crippen LogP contribution in [0, 0.1) is 0 Å². The zero-order valence-corrected chi connectivity index (χ0v) is 16.8. The maximum absolute atomic E-state index is 5.82. The van der Waals surface area contributed by atoms with Crippen LogP contribution in [0.15, 0.2) is 78.9 Å². The third kappa shape index (κ3) is 5.37. The molecular weight excluding hydrogens is 344 g/mol. The number of likely N-dealkylation sites (N-methyl/N-ethyl adjacent to an activating group) is 1. The van der Waals surface area contributed by atoms with Gasteiger partial charge < -0.3 is 10.5 Å². The molecule has 2 N–H and O–H groups in total. The lowest BCUT2D eigenvalue weighted by molar-refractivity contribution is 0.208. The highest BCUT2D eigenvalue weighted by atomic mass is 16.5. The number of benzene rings is 3. The highest BCUT2D eigenvalue weighted by Gasteiger charge is 2.20. The molecule has 1 atom stereocenters. The smallest absolute Gasteiger partial charge is 0.119 e. The van der Waals surface area contributed by atoms with E-state index in [0.29, 0.717) is 6.04 Å². The van der Waals surface area contributed by atoms with Gasteiger partial charge in [0.15, 0.2) is 0 Å². The lowest BCUT2D eigenvalue weighted by Crippen LogP contribution is -2.32. The van der Waals surface area contributed by atoms with Crippen LogP contribution in [0.25, 0.3) is 0 Å². The van der Waals surface area contributed by atoms with Gasteiger partial charge in [-0.05, 0) is 60.3 Å².